The van der Waals surface area contributed by atoms with Crippen LogP contribution in [0.25, 0.3) is 11.0 Å². The quantitative estimate of drug-likeness (QED) is 0.456. The summed E-state index contributed by atoms with van der Waals surface area (Å²) in [6, 6.07) is 5.97. The van der Waals surface area contributed by atoms with Gasteiger partial charge in [0.2, 0.25) is 5.91 Å². The second-order valence-electron chi connectivity index (χ2n) is 7.65. The summed E-state index contributed by atoms with van der Waals surface area (Å²) in [5.74, 6) is 0.0743. The molecule has 0 saturated heterocycles. The Labute approximate surface area is 175 Å². The third kappa shape index (κ3) is 4.40. The highest BCUT2D eigenvalue weighted by atomic mass is 32.2. The Morgan fingerprint density at radius 2 is 1.86 bits per heavy atom. The smallest absolute Gasteiger partial charge is 0.278 e. The molecule has 7 heteroatoms. The number of aryl methyl sites for hydroxylation is 4. The van der Waals surface area contributed by atoms with Crippen LogP contribution in [0.2, 0.25) is 0 Å². The van der Waals surface area contributed by atoms with Gasteiger partial charge < -0.3 is 10.3 Å². The molecule has 1 amide bonds. The molecule has 1 atom stereocenters. The van der Waals surface area contributed by atoms with E-state index in [1.54, 1.807) is 4.57 Å². The van der Waals surface area contributed by atoms with Crippen LogP contribution < -0.4 is 10.9 Å². The van der Waals surface area contributed by atoms with Crippen LogP contribution in [0.5, 0.6) is 0 Å². The van der Waals surface area contributed by atoms with Gasteiger partial charge in [0, 0.05) is 17.4 Å². The second kappa shape index (κ2) is 8.45. The number of benzene rings is 1. The third-order valence-corrected chi connectivity index (χ3v) is 6.04. The Hall–Kier alpha value is -2.54. The van der Waals surface area contributed by atoms with Crippen molar-refractivity contribution in [2.24, 2.45) is 0 Å². The number of aromatic nitrogens is 3. The number of rotatable bonds is 6. The highest BCUT2D eigenvalue weighted by molar-refractivity contribution is 7.99. The summed E-state index contributed by atoms with van der Waals surface area (Å²) in [5.41, 5.74) is 6.06. The van der Waals surface area contributed by atoms with Gasteiger partial charge in [-0.25, -0.2) is 4.98 Å². The molecule has 0 spiro atoms. The van der Waals surface area contributed by atoms with Crippen LogP contribution in [-0.4, -0.2) is 26.2 Å². The minimum absolute atomic E-state index is 0.00449. The number of carbonyl (C=O) groups is 1. The molecule has 2 N–H and O–H groups in total. The minimum atomic E-state index is -0.111. The van der Waals surface area contributed by atoms with Crippen LogP contribution in [0.4, 0.5) is 5.69 Å². The van der Waals surface area contributed by atoms with E-state index in [1.165, 1.54) is 17.3 Å². The van der Waals surface area contributed by atoms with Crippen LogP contribution in [-0.2, 0) is 4.79 Å². The zero-order valence-corrected chi connectivity index (χ0v) is 18.7. The summed E-state index contributed by atoms with van der Waals surface area (Å²) < 4.78 is 1.69. The van der Waals surface area contributed by atoms with Crippen molar-refractivity contribution < 1.29 is 4.79 Å². The molecule has 0 fully saturated rings. The summed E-state index contributed by atoms with van der Waals surface area (Å²) in [6.45, 7) is 12.0. The zero-order valence-electron chi connectivity index (χ0n) is 17.8. The van der Waals surface area contributed by atoms with Crippen molar-refractivity contribution in [3.63, 3.8) is 0 Å². The molecule has 0 bridgehead atoms. The van der Waals surface area contributed by atoms with E-state index in [2.05, 4.69) is 27.4 Å². The molecule has 0 aliphatic heterocycles. The number of anilines is 1. The Bertz CT molecular complexity index is 1110. The fourth-order valence-electron chi connectivity index (χ4n) is 3.55. The molecule has 0 radical (unpaired) electrons. The van der Waals surface area contributed by atoms with Gasteiger partial charge in [-0.3, -0.25) is 14.2 Å². The largest absolute Gasteiger partial charge is 0.353 e. The van der Waals surface area contributed by atoms with Crippen molar-refractivity contribution in [3.8, 4) is 0 Å². The Morgan fingerprint density at radius 1 is 1.21 bits per heavy atom. The van der Waals surface area contributed by atoms with Crippen molar-refractivity contribution in [3.05, 3.63) is 50.9 Å². The van der Waals surface area contributed by atoms with E-state index in [0.29, 0.717) is 16.2 Å². The number of amides is 1. The zero-order chi connectivity index (χ0) is 21.3. The van der Waals surface area contributed by atoms with Gasteiger partial charge in [-0.15, -0.1) is 0 Å². The number of H-pyrrole nitrogens is 1. The molecule has 0 aliphatic carbocycles. The standard InChI is InChI=1S/C22H28N4O2S/c1-7-16(6)26-21(28)20-17(10-15(5)23-20)24-22(26)29-11-18(27)25-19-13(3)8-12(2)9-14(19)4/h8-10,16,23H,7,11H2,1-6H3,(H,25,27)/t16-/m1/s1. The molecule has 2 aromatic heterocycles. The second-order valence-corrected chi connectivity index (χ2v) is 8.59. The molecular formula is C22H28N4O2S. The topological polar surface area (TPSA) is 79.8 Å². The van der Waals surface area contributed by atoms with Gasteiger partial charge in [-0.2, -0.15) is 0 Å². The van der Waals surface area contributed by atoms with Gasteiger partial charge in [0.15, 0.2) is 5.16 Å². The van der Waals surface area contributed by atoms with Crippen LogP contribution >= 0.6 is 11.8 Å². The molecule has 0 saturated carbocycles. The molecular weight excluding hydrogens is 384 g/mol. The van der Waals surface area contributed by atoms with E-state index < -0.39 is 0 Å². The first kappa shape index (κ1) is 21.2. The van der Waals surface area contributed by atoms with Gasteiger partial charge in [-0.1, -0.05) is 36.4 Å². The molecule has 6 nitrogen and oxygen atoms in total. The van der Waals surface area contributed by atoms with Gasteiger partial charge in [0.1, 0.15) is 5.52 Å². The van der Waals surface area contributed by atoms with Crippen molar-refractivity contribution in [2.45, 2.75) is 59.2 Å². The monoisotopic (exact) mass is 412 g/mol. The molecule has 3 aromatic rings. The fourth-order valence-corrected chi connectivity index (χ4v) is 4.44. The first-order valence-corrected chi connectivity index (χ1v) is 10.8. The maximum absolute atomic E-state index is 13.0. The summed E-state index contributed by atoms with van der Waals surface area (Å²) in [4.78, 5) is 33.4. The van der Waals surface area contributed by atoms with E-state index >= 15 is 0 Å². The molecule has 2 heterocycles. The molecule has 0 unspecified atom stereocenters. The minimum Gasteiger partial charge on any atom is -0.353 e. The lowest BCUT2D eigenvalue weighted by molar-refractivity contribution is -0.113. The number of aromatic amines is 1. The predicted octanol–water partition coefficient (Wildman–Crippen LogP) is 4.66. The lowest BCUT2D eigenvalue weighted by atomic mass is 10.1. The molecule has 1 aromatic carbocycles. The highest BCUT2D eigenvalue weighted by Crippen LogP contribution is 2.25. The first-order valence-electron chi connectivity index (χ1n) is 9.83. The van der Waals surface area contributed by atoms with Crippen LogP contribution in [0.3, 0.4) is 0 Å². The highest BCUT2D eigenvalue weighted by Gasteiger charge is 2.18. The summed E-state index contributed by atoms with van der Waals surface area (Å²) >= 11 is 1.30. The number of hydrogen-bond acceptors (Lipinski definition) is 4. The van der Waals surface area contributed by atoms with Crippen molar-refractivity contribution >= 4 is 34.4 Å². The summed E-state index contributed by atoms with van der Waals surface area (Å²) in [5, 5.41) is 3.59. The number of hydrogen-bond donors (Lipinski definition) is 2. The lowest BCUT2D eigenvalue weighted by Crippen LogP contribution is -2.26. The maximum atomic E-state index is 13.0. The van der Waals surface area contributed by atoms with Crippen LogP contribution in [0.15, 0.2) is 28.2 Å². The van der Waals surface area contributed by atoms with Crippen molar-refractivity contribution in [1.82, 2.24) is 14.5 Å². The van der Waals surface area contributed by atoms with E-state index in [-0.39, 0.29) is 23.3 Å². The van der Waals surface area contributed by atoms with Gasteiger partial charge >= 0.3 is 0 Å². The number of carbonyl (C=O) groups excluding carboxylic acids is 1. The summed E-state index contributed by atoms with van der Waals surface area (Å²) in [7, 11) is 0. The first-order chi connectivity index (χ1) is 13.7. The predicted molar refractivity (Wildman–Crippen MR) is 120 cm³/mol. The molecule has 29 heavy (non-hydrogen) atoms. The van der Waals surface area contributed by atoms with Crippen molar-refractivity contribution in [2.75, 3.05) is 11.1 Å². The Balaban J connectivity index is 1.86. The van der Waals surface area contributed by atoms with Crippen molar-refractivity contribution in [1.29, 1.82) is 0 Å². The van der Waals surface area contributed by atoms with Gasteiger partial charge in [-0.05, 0) is 58.2 Å². The van der Waals surface area contributed by atoms with E-state index in [0.717, 1.165) is 28.9 Å². The Morgan fingerprint density at radius 3 is 2.48 bits per heavy atom. The van der Waals surface area contributed by atoms with Gasteiger partial charge in [0.25, 0.3) is 5.56 Å². The van der Waals surface area contributed by atoms with Crippen LogP contribution in [0, 0.1) is 27.7 Å². The normalized spacial score (nSPS) is 12.3. The molecule has 3 rings (SSSR count). The van der Waals surface area contributed by atoms with Gasteiger partial charge in [0.05, 0.1) is 11.3 Å². The van der Waals surface area contributed by atoms with E-state index in [9.17, 15) is 9.59 Å². The van der Waals surface area contributed by atoms with E-state index in [1.807, 2.05) is 47.6 Å². The van der Waals surface area contributed by atoms with Crippen LogP contribution in [0.1, 0.15) is 48.7 Å². The fraction of sp³-hybridized carbons (Fsp3) is 0.409. The lowest BCUT2D eigenvalue weighted by Gasteiger charge is -2.17. The van der Waals surface area contributed by atoms with E-state index in [4.69, 9.17) is 0 Å². The molecule has 0 aliphatic rings. The number of nitrogens with zero attached hydrogens (tertiary/aromatic N) is 2. The average molecular weight is 413 g/mol. The maximum Gasteiger partial charge on any atom is 0.278 e. The SMILES string of the molecule is CC[C@@H](C)n1c(SCC(=O)Nc2c(C)cc(C)cc2C)nc2cc(C)[nH]c2c1=O. The number of fused-ring (bicyclic) bond motifs is 1. The number of nitrogens with one attached hydrogen (secondary N) is 2. The Kier molecular flexibility index (Phi) is 6.17. The number of thioether (sulfide) groups is 1. The average Bonchev–Trinajstić information content (AvgIpc) is 3.03. The third-order valence-electron chi connectivity index (χ3n) is 5.09. The molecule has 154 valence electrons. The summed E-state index contributed by atoms with van der Waals surface area (Å²) in [6.07, 6.45) is 0.800.